The van der Waals surface area contributed by atoms with Crippen LogP contribution in [0, 0.1) is 0 Å². The summed E-state index contributed by atoms with van der Waals surface area (Å²) in [4.78, 5) is 3.61. The van der Waals surface area contributed by atoms with Crippen LogP contribution in [0.1, 0.15) is 0 Å². The Morgan fingerprint density at radius 1 is 0.368 bits per heavy atom. The molecule has 0 radical (unpaired) electrons. The van der Waals surface area contributed by atoms with E-state index in [1.165, 1.54) is 66.0 Å². The van der Waals surface area contributed by atoms with Crippen molar-refractivity contribution in [2.45, 2.75) is 0 Å². The molecule has 0 aliphatic carbocycles. The Bertz CT molecular complexity index is 2110. The summed E-state index contributed by atoms with van der Waals surface area (Å²) in [6, 6.07) is 50.3. The predicted octanol–water partition coefficient (Wildman–Crippen LogP) is 9.75. The lowest BCUT2D eigenvalue weighted by molar-refractivity contribution is 1.18. The maximum atomic E-state index is 3.61. The van der Waals surface area contributed by atoms with Gasteiger partial charge in [-0.25, -0.2) is 0 Å². The van der Waals surface area contributed by atoms with Gasteiger partial charge in [0, 0.05) is 38.3 Å². The summed E-state index contributed by atoms with van der Waals surface area (Å²) in [7, 11) is 0. The minimum absolute atomic E-state index is 1.16. The van der Waals surface area contributed by atoms with Crippen LogP contribution in [0.15, 0.2) is 140 Å². The van der Waals surface area contributed by atoms with E-state index in [-0.39, 0.29) is 0 Å². The predicted molar refractivity (Wildman–Crippen MR) is 161 cm³/mol. The molecule has 0 saturated carbocycles. The van der Waals surface area contributed by atoms with Crippen molar-refractivity contribution in [3.8, 4) is 27.9 Å². The molecule has 0 atom stereocenters. The van der Waals surface area contributed by atoms with E-state index in [0.717, 1.165) is 5.52 Å². The number of H-pyrrole nitrogens is 1. The molecule has 0 bridgehead atoms. The minimum atomic E-state index is 1.16. The van der Waals surface area contributed by atoms with Gasteiger partial charge in [-0.1, -0.05) is 84.9 Å². The Hall–Kier alpha value is -5.08. The van der Waals surface area contributed by atoms with Gasteiger partial charge in [0.15, 0.2) is 0 Å². The molecule has 8 rings (SSSR count). The summed E-state index contributed by atoms with van der Waals surface area (Å²) < 4.78 is 2.36. The van der Waals surface area contributed by atoms with Crippen LogP contribution in [0.25, 0.3) is 71.6 Å². The standard InChI is InChI=1S/C36H24N2/c1-3-9-24(10-4-1)25-15-18-33-30(21-25)31-22-26(16-19-34(31)37-33)27-17-20-36-32(23-27)29-13-7-8-14-35(29)38(36)28-11-5-2-6-12-28/h1-23,37H. The summed E-state index contributed by atoms with van der Waals surface area (Å²) in [5.74, 6) is 0. The monoisotopic (exact) mass is 484 g/mol. The molecule has 6 aromatic carbocycles. The molecular formula is C36H24N2. The molecule has 178 valence electrons. The van der Waals surface area contributed by atoms with E-state index in [0.29, 0.717) is 0 Å². The highest BCUT2D eigenvalue weighted by atomic mass is 15.0. The van der Waals surface area contributed by atoms with Crippen molar-refractivity contribution in [2.75, 3.05) is 0 Å². The SMILES string of the molecule is c1ccc(-c2ccc3[nH]c4ccc(-c5ccc6c(c5)c5ccccc5n6-c5ccccc5)cc4c3c2)cc1. The van der Waals surface area contributed by atoms with Crippen LogP contribution in [-0.2, 0) is 0 Å². The van der Waals surface area contributed by atoms with Crippen LogP contribution in [0.3, 0.4) is 0 Å². The smallest absolute Gasteiger partial charge is 0.0541 e. The van der Waals surface area contributed by atoms with Gasteiger partial charge in [0.1, 0.15) is 0 Å². The lowest BCUT2D eigenvalue weighted by Crippen LogP contribution is -1.92. The maximum absolute atomic E-state index is 3.61. The highest BCUT2D eigenvalue weighted by Crippen LogP contribution is 2.37. The number of nitrogens with one attached hydrogen (secondary N) is 1. The average molecular weight is 485 g/mol. The molecule has 2 nitrogen and oxygen atoms in total. The molecule has 0 aliphatic heterocycles. The third kappa shape index (κ3) is 3.21. The summed E-state index contributed by atoms with van der Waals surface area (Å²) in [6.07, 6.45) is 0. The number of rotatable bonds is 3. The van der Waals surface area contributed by atoms with Gasteiger partial charge in [-0.05, 0) is 76.9 Å². The van der Waals surface area contributed by atoms with E-state index in [1.54, 1.807) is 0 Å². The normalized spacial score (nSPS) is 11.7. The topological polar surface area (TPSA) is 20.7 Å². The van der Waals surface area contributed by atoms with Crippen molar-refractivity contribution in [1.29, 1.82) is 0 Å². The molecule has 0 saturated heterocycles. The molecule has 8 aromatic rings. The van der Waals surface area contributed by atoms with Crippen molar-refractivity contribution in [2.24, 2.45) is 0 Å². The average Bonchev–Trinajstić information content (AvgIpc) is 3.52. The lowest BCUT2D eigenvalue weighted by Gasteiger charge is -2.08. The van der Waals surface area contributed by atoms with Gasteiger partial charge in [-0.2, -0.15) is 0 Å². The van der Waals surface area contributed by atoms with Crippen molar-refractivity contribution in [3.05, 3.63) is 140 Å². The van der Waals surface area contributed by atoms with Crippen LogP contribution in [0.5, 0.6) is 0 Å². The number of para-hydroxylation sites is 2. The zero-order valence-corrected chi connectivity index (χ0v) is 20.7. The third-order valence-corrected chi connectivity index (χ3v) is 7.73. The van der Waals surface area contributed by atoms with Crippen LogP contribution in [0.2, 0.25) is 0 Å². The van der Waals surface area contributed by atoms with Crippen LogP contribution >= 0.6 is 0 Å². The summed E-state index contributed by atoms with van der Waals surface area (Å²) in [5, 5.41) is 5.05. The van der Waals surface area contributed by atoms with Crippen LogP contribution in [0.4, 0.5) is 0 Å². The molecule has 0 amide bonds. The maximum Gasteiger partial charge on any atom is 0.0541 e. The Kier molecular flexibility index (Phi) is 4.55. The summed E-state index contributed by atoms with van der Waals surface area (Å²) in [5.41, 5.74) is 10.9. The van der Waals surface area contributed by atoms with Gasteiger partial charge >= 0.3 is 0 Å². The van der Waals surface area contributed by atoms with Gasteiger partial charge in [0.25, 0.3) is 0 Å². The summed E-state index contributed by atoms with van der Waals surface area (Å²) in [6.45, 7) is 0. The van der Waals surface area contributed by atoms with E-state index in [9.17, 15) is 0 Å². The molecule has 2 aromatic heterocycles. The minimum Gasteiger partial charge on any atom is -0.355 e. The van der Waals surface area contributed by atoms with Gasteiger partial charge in [0.05, 0.1) is 11.0 Å². The van der Waals surface area contributed by atoms with E-state index in [4.69, 9.17) is 0 Å². The Labute approximate surface area is 220 Å². The zero-order valence-electron chi connectivity index (χ0n) is 20.7. The first-order chi connectivity index (χ1) is 18.8. The van der Waals surface area contributed by atoms with Crippen molar-refractivity contribution in [3.63, 3.8) is 0 Å². The first-order valence-electron chi connectivity index (χ1n) is 13.0. The Balaban J connectivity index is 1.32. The van der Waals surface area contributed by atoms with Crippen LogP contribution in [-0.4, -0.2) is 9.55 Å². The zero-order chi connectivity index (χ0) is 25.1. The van der Waals surface area contributed by atoms with Crippen molar-refractivity contribution < 1.29 is 0 Å². The number of aromatic nitrogens is 2. The number of nitrogens with zero attached hydrogens (tertiary/aromatic N) is 1. The fourth-order valence-electron chi connectivity index (χ4n) is 5.89. The highest BCUT2D eigenvalue weighted by molar-refractivity contribution is 6.12. The Morgan fingerprint density at radius 3 is 1.61 bits per heavy atom. The number of fused-ring (bicyclic) bond motifs is 6. The van der Waals surface area contributed by atoms with Crippen LogP contribution < -0.4 is 0 Å². The molecule has 2 heterocycles. The molecule has 0 unspecified atom stereocenters. The van der Waals surface area contributed by atoms with Gasteiger partial charge in [-0.15, -0.1) is 0 Å². The molecule has 38 heavy (non-hydrogen) atoms. The second-order valence-corrected chi connectivity index (χ2v) is 9.93. The number of hydrogen-bond donors (Lipinski definition) is 1. The Morgan fingerprint density at radius 2 is 0.895 bits per heavy atom. The first-order valence-corrected chi connectivity index (χ1v) is 13.0. The van der Waals surface area contributed by atoms with Gasteiger partial charge in [-0.3, -0.25) is 0 Å². The molecule has 2 heteroatoms. The van der Waals surface area contributed by atoms with E-state index >= 15 is 0 Å². The molecule has 0 fully saturated rings. The molecule has 0 spiro atoms. The molecule has 1 N–H and O–H groups in total. The van der Waals surface area contributed by atoms with Crippen molar-refractivity contribution in [1.82, 2.24) is 9.55 Å². The second-order valence-electron chi connectivity index (χ2n) is 9.93. The number of aromatic amines is 1. The van der Waals surface area contributed by atoms with E-state index in [2.05, 4.69) is 149 Å². The van der Waals surface area contributed by atoms with Crippen molar-refractivity contribution >= 4 is 43.6 Å². The first kappa shape index (κ1) is 21.0. The second kappa shape index (κ2) is 8.22. The fraction of sp³-hybridized carbons (Fsp3) is 0. The number of benzene rings is 6. The molecule has 0 aliphatic rings. The lowest BCUT2D eigenvalue weighted by atomic mass is 9.99. The summed E-state index contributed by atoms with van der Waals surface area (Å²) >= 11 is 0. The van der Waals surface area contributed by atoms with Gasteiger partial charge in [0.2, 0.25) is 0 Å². The largest absolute Gasteiger partial charge is 0.355 e. The van der Waals surface area contributed by atoms with Gasteiger partial charge < -0.3 is 9.55 Å². The quantitative estimate of drug-likeness (QED) is 0.258. The van der Waals surface area contributed by atoms with E-state index in [1.807, 2.05) is 0 Å². The number of hydrogen-bond acceptors (Lipinski definition) is 0. The third-order valence-electron chi connectivity index (χ3n) is 7.73. The van der Waals surface area contributed by atoms with E-state index < -0.39 is 0 Å². The highest BCUT2D eigenvalue weighted by Gasteiger charge is 2.14. The molecular weight excluding hydrogens is 460 g/mol. The fourth-order valence-corrected chi connectivity index (χ4v) is 5.89.